The van der Waals surface area contributed by atoms with E-state index in [0.29, 0.717) is 17.8 Å². The molecular formula is C17H23N3O3S. The molecule has 0 unspecified atom stereocenters. The van der Waals surface area contributed by atoms with Crippen molar-refractivity contribution < 1.29 is 14.4 Å². The Balaban J connectivity index is 1.50. The lowest BCUT2D eigenvalue weighted by atomic mass is 10.1. The lowest BCUT2D eigenvalue weighted by Gasteiger charge is -2.25. The number of nitrogens with one attached hydrogen (secondary N) is 2. The van der Waals surface area contributed by atoms with E-state index < -0.39 is 0 Å². The van der Waals surface area contributed by atoms with Crippen molar-refractivity contribution in [1.82, 2.24) is 15.8 Å². The Morgan fingerprint density at radius 2 is 1.83 bits per heavy atom. The van der Waals surface area contributed by atoms with Crippen LogP contribution in [0, 0.1) is 0 Å². The van der Waals surface area contributed by atoms with Crippen LogP contribution in [-0.4, -0.2) is 35.7 Å². The zero-order valence-corrected chi connectivity index (χ0v) is 14.5. The van der Waals surface area contributed by atoms with E-state index in [1.165, 1.54) is 41.0 Å². The second-order valence-electron chi connectivity index (χ2n) is 6.39. The number of hydrogen-bond donors (Lipinski definition) is 2. The normalized spacial score (nSPS) is 17.8. The molecule has 1 aromatic rings. The van der Waals surface area contributed by atoms with Crippen molar-refractivity contribution in [2.75, 3.05) is 13.1 Å². The van der Waals surface area contributed by atoms with E-state index in [2.05, 4.69) is 10.9 Å². The monoisotopic (exact) mass is 349 g/mol. The molecule has 130 valence electrons. The van der Waals surface area contributed by atoms with Crippen molar-refractivity contribution in [1.29, 1.82) is 0 Å². The highest BCUT2D eigenvalue weighted by Gasteiger charge is 2.21. The molecule has 1 aromatic heterocycles. The van der Waals surface area contributed by atoms with Gasteiger partial charge in [-0.15, -0.1) is 11.3 Å². The molecule has 6 nitrogen and oxygen atoms in total. The van der Waals surface area contributed by atoms with Crippen LogP contribution in [0.4, 0.5) is 0 Å². The Bertz CT molecular complexity index is 618. The third-order valence-electron chi connectivity index (χ3n) is 4.54. The van der Waals surface area contributed by atoms with Gasteiger partial charge >= 0.3 is 0 Å². The molecule has 0 atom stereocenters. The lowest BCUT2D eigenvalue weighted by molar-refractivity contribution is -0.138. The molecule has 0 spiro atoms. The molecule has 0 saturated carbocycles. The van der Waals surface area contributed by atoms with Crippen molar-refractivity contribution in [2.24, 2.45) is 0 Å². The molecule has 1 saturated heterocycles. The van der Waals surface area contributed by atoms with E-state index in [1.54, 1.807) is 4.90 Å². The van der Waals surface area contributed by atoms with E-state index in [1.807, 2.05) is 6.07 Å². The number of rotatable bonds is 3. The number of carbonyl (C=O) groups excluding carboxylic acids is 3. The Kier molecular flexibility index (Phi) is 5.50. The lowest BCUT2D eigenvalue weighted by Crippen LogP contribution is -2.48. The molecule has 0 radical (unpaired) electrons. The van der Waals surface area contributed by atoms with Gasteiger partial charge < -0.3 is 4.90 Å². The largest absolute Gasteiger partial charge is 0.333 e. The van der Waals surface area contributed by atoms with Gasteiger partial charge in [0.2, 0.25) is 5.91 Å². The summed E-state index contributed by atoms with van der Waals surface area (Å²) in [5.41, 5.74) is 6.15. The van der Waals surface area contributed by atoms with Gasteiger partial charge in [0.1, 0.15) is 6.54 Å². The van der Waals surface area contributed by atoms with Crippen LogP contribution < -0.4 is 10.9 Å². The number of piperidine rings is 1. The zero-order chi connectivity index (χ0) is 16.9. The van der Waals surface area contributed by atoms with Crippen molar-refractivity contribution in [3.05, 3.63) is 21.4 Å². The summed E-state index contributed by atoms with van der Waals surface area (Å²) in [6.07, 6.45) is 7.97. The standard InChI is InChI=1S/C17H23N3O3S/c21-15(11-20-9-5-4-8-16(20)22)18-19-17(23)14-10-12-6-2-1-3-7-13(12)24-14/h10H,1-9,11H2,(H,18,21)(H,19,23). The predicted molar refractivity (Wildman–Crippen MR) is 91.6 cm³/mol. The van der Waals surface area contributed by atoms with Gasteiger partial charge in [-0.2, -0.15) is 0 Å². The molecule has 1 aliphatic carbocycles. The van der Waals surface area contributed by atoms with Crippen LogP contribution in [0.15, 0.2) is 6.07 Å². The van der Waals surface area contributed by atoms with Gasteiger partial charge in [0.15, 0.2) is 0 Å². The van der Waals surface area contributed by atoms with Gasteiger partial charge in [-0.05, 0) is 50.2 Å². The van der Waals surface area contributed by atoms with E-state index in [0.717, 1.165) is 25.7 Å². The smallest absolute Gasteiger partial charge is 0.279 e. The molecule has 0 bridgehead atoms. The molecule has 3 rings (SSSR count). The summed E-state index contributed by atoms with van der Waals surface area (Å²) in [6.45, 7) is 0.609. The second kappa shape index (κ2) is 7.79. The highest BCUT2D eigenvalue weighted by molar-refractivity contribution is 7.14. The number of likely N-dealkylation sites (tertiary alicyclic amines) is 1. The van der Waals surface area contributed by atoms with Crippen molar-refractivity contribution >= 4 is 29.1 Å². The molecule has 2 N–H and O–H groups in total. The molecule has 1 aliphatic heterocycles. The number of fused-ring (bicyclic) bond motifs is 1. The van der Waals surface area contributed by atoms with Crippen LogP contribution in [0.2, 0.25) is 0 Å². The Hall–Kier alpha value is -1.89. The average molecular weight is 349 g/mol. The summed E-state index contributed by atoms with van der Waals surface area (Å²) < 4.78 is 0. The zero-order valence-electron chi connectivity index (χ0n) is 13.7. The predicted octanol–water partition coefficient (Wildman–Crippen LogP) is 1.79. The van der Waals surface area contributed by atoms with E-state index in [9.17, 15) is 14.4 Å². The SMILES string of the molecule is O=C(CN1CCCCC1=O)NNC(=O)c1cc2c(s1)CCCCC2. The Morgan fingerprint density at radius 1 is 1.04 bits per heavy atom. The first-order valence-electron chi connectivity index (χ1n) is 8.62. The molecule has 7 heteroatoms. The maximum Gasteiger partial charge on any atom is 0.279 e. The van der Waals surface area contributed by atoms with Gasteiger partial charge in [0, 0.05) is 17.8 Å². The van der Waals surface area contributed by atoms with Crippen LogP contribution in [-0.2, 0) is 22.4 Å². The van der Waals surface area contributed by atoms with Crippen molar-refractivity contribution in [2.45, 2.75) is 51.4 Å². The highest BCUT2D eigenvalue weighted by Crippen LogP contribution is 2.28. The van der Waals surface area contributed by atoms with Crippen LogP contribution >= 0.6 is 11.3 Å². The van der Waals surface area contributed by atoms with E-state index in [-0.39, 0.29) is 24.3 Å². The van der Waals surface area contributed by atoms with Gasteiger partial charge in [-0.25, -0.2) is 0 Å². The number of carbonyl (C=O) groups is 3. The first-order chi connectivity index (χ1) is 11.6. The van der Waals surface area contributed by atoms with Crippen LogP contribution in [0.3, 0.4) is 0 Å². The van der Waals surface area contributed by atoms with Gasteiger partial charge in [0.25, 0.3) is 11.8 Å². The number of hydrogen-bond acceptors (Lipinski definition) is 4. The number of hydrazine groups is 1. The Labute approximate surface area is 145 Å². The van der Waals surface area contributed by atoms with Gasteiger partial charge in [0.05, 0.1) is 4.88 Å². The fourth-order valence-corrected chi connectivity index (χ4v) is 4.36. The first kappa shape index (κ1) is 17.0. The van der Waals surface area contributed by atoms with Gasteiger partial charge in [-0.3, -0.25) is 25.2 Å². The van der Waals surface area contributed by atoms with Crippen LogP contribution in [0.25, 0.3) is 0 Å². The van der Waals surface area contributed by atoms with E-state index in [4.69, 9.17) is 0 Å². The number of nitrogens with zero attached hydrogens (tertiary/aromatic N) is 1. The molecule has 2 heterocycles. The minimum absolute atomic E-state index is 0.0000534. The summed E-state index contributed by atoms with van der Waals surface area (Å²) >= 11 is 1.52. The fourth-order valence-electron chi connectivity index (χ4n) is 3.21. The number of amides is 3. The first-order valence-corrected chi connectivity index (χ1v) is 9.43. The third-order valence-corrected chi connectivity index (χ3v) is 5.78. The minimum atomic E-state index is -0.364. The highest BCUT2D eigenvalue weighted by atomic mass is 32.1. The summed E-state index contributed by atoms with van der Waals surface area (Å²) in [7, 11) is 0. The average Bonchev–Trinajstić information content (AvgIpc) is 2.86. The summed E-state index contributed by atoms with van der Waals surface area (Å²) in [5.74, 6) is -0.646. The third kappa shape index (κ3) is 4.14. The summed E-state index contributed by atoms with van der Waals surface area (Å²) in [4.78, 5) is 39.3. The molecule has 3 amide bonds. The van der Waals surface area contributed by atoms with Crippen molar-refractivity contribution in [3.63, 3.8) is 0 Å². The fraction of sp³-hybridized carbons (Fsp3) is 0.588. The number of thiophene rings is 1. The van der Waals surface area contributed by atoms with Gasteiger partial charge in [-0.1, -0.05) is 6.42 Å². The van der Waals surface area contributed by atoms with E-state index >= 15 is 0 Å². The summed E-state index contributed by atoms with van der Waals surface area (Å²) in [6, 6.07) is 1.95. The maximum absolute atomic E-state index is 12.2. The molecule has 2 aliphatic rings. The second-order valence-corrected chi connectivity index (χ2v) is 7.53. The molecular weight excluding hydrogens is 326 g/mol. The quantitative estimate of drug-likeness (QED) is 0.645. The molecule has 0 aromatic carbocycles. The topological polar surface area (TPSA) is 78.5 Å². The molecule has 24 heavy (non-hydrogen) atoms. The van der Waals surface area contributed by atoms with Crippen molar-refractivity contribution in [3.8, 4) is 0 Å². The molecule has 1 fully saturated rings. The number of aryl methyl sites for hydroxylation is 2. The van der Waals surface area contributed by atoms with Crippen LogP contribution in [0.5, 0.6) is 0 Å². The van der Waals surface area contributed by atoms with Crippen LogP contribution in [0.1, 0.15) is 58.6 Å². The maximum atomic E-state index is 12.2. The Morgan fingerprint density at radius 3 is 2.67 bits per heavy atom. The minimum Gasteiger partial charge on any atom is -0.333 e. The summed E-state index contributed by atoms with van der Waals surface area (Å²) in [5, 5.41) is 0.